The predicted molar refractivity (Wildman–Crippen MR) is 56.5 cm³/mol. The van der Waals surface area contributed by atoms with Crippen molar-refractivity contribution in [3.8, 4) is 0 Å². The van der Waals surface area contributed by atoms with Crippen molar-refractivity contribution in [2.24, 2.45) is 0 Å². The molecule has 1 aliphatic carbocycles. The van der Waals surface area contributed by atoms with Crippen molar-refractivity contribution in [2.75, 3.05) is 13.1 Å². The summed E-state index contributed by atoms with van der Waals surface area (Å²) in [7, 11) is 0. The molecule has 0 aromatic carbocycles. The van der Waals surface area contributed by atoms with Crippen LogP contribution in [0.2, 0.25) is 0 Å². The maximum atomic E-state index is 3.56. The number of hydrogen-bond acceptors (Lipinski definition) is 2. The third-order valence-corrected chi connectivity index (χ3v) is 2.70. The Hall–Kier alpha value is 0.500. The van der Waals surface area contributed by atoms with Crippen molar-refractivity contribution in [3.63, 3.8) is 0 Å². The molecule has 0 amide bonds. The lowest BCUT2D eigenvalue weighted by atomic mass is 9.89. The van der Waals surface area contributed by atoms with Gasteiger partial charge in [0.1, 0.15) is 0 Å². The van der Waals surface area contributed by atoms with E-state index in [2.05, 4.69) is 10.6 Å². The maximum Gasteiger partial charge on any atom is 0.0221 e. The van der Waals surface area contributed by atoms with E-state index in [1.165, 1.54) is 38.8 Å². The standard InChI is InChI=1S/C8H16N2.2ClH/c1-2-4-8-7(3-1)9-5-6-10-8;;/h7-10H,1-6H2;2*1H/t7-,8+;;. The van der Waals surface area contributed by atoms with Crippen LogP contribution in [0.15, 0.2) is 0 Å². The summed E-state index contributed by atoms with van der Waals surface area (Å²) in [6.07, 6.45) is 5.63. The van der Waals surface area contributed by atoms with Gasteiger partial charge in [0.25, 0.3) is 0 Å². The van der Waals surface area contributed by atoms with Gasteiger partial charge < -0.3 is 10.6 Å². The van der Waals surface area contributed by atoms with Crippen LogP contribution in [0, 0.1) is 0 Å². The minimum absolute atomic E-state index is 0. The Morgan fingerprint density at radius 2 is 1.17 bits per heavy atom. The maximum absolute atomic E-state index is 3.56. The summed E-state index contributed by atoms with van der Waals surface area (Å²) >= 11 is 0. The van der Waals surface area contributed by atoms with Crippen molar-refractivity contribution < 1.29 is 0 Å². The fourth-order valence-electron chi connectivity index (χ4n) is 2.13. The zero-order chi connectivity index (χ0) is 6.81. The fourth-order valence-corrected chi connectivity index (χ4v) is 2.13. The second-order valence-electron chi connectivity index (χ2n) is 3.41. The SMILES string of the molecule is C1CC[C@H]2NCCN[C@H]2C1.Cl.Cl. The van der Waals surface area contributed by atoms with E-state index in [0.29, 0.717) is 0 Å². The molecule has 2 nitrogen and oxygen atoms in total. The Bertz CT molecular complexity index is 95.6. The predicted octanol–water partition coefficient (Wildman–Crippen LogP) is 1.33. The van der Waals surface area contributed by atoms with E-state index in [-0.39, 0.29) is 24.8 Å². The highest BCUT2D eigenvalue weighted by Crippen LogP contribution is 2.19. The van der Waals surface area contributed by atoms with Crippen LogP contribution in [0.4, 0.5) is 0 Å². The van der Waals surface area contributed by atoms with Crippen LogP contribution in [-0.4, -0.2) is 25.2 Å². The molecule has 0 unspecified atom stereocenters. The normalized spacial score (nSPS) is 34.0. The molecule has 0 bridgehead atoms. The molecule has 0 radical (unpaired) electrons. The van der Waals surface area contributed by atoms with Crippen molar-refractivity contribution in [1.82, 2.24) is 10.6 Å². The summed E-state index contributed by atoms with van der Waals surface area (Å²) in [4.78, 5) is 0. The van der Waals surface area contributed by atoms with Crippen LogP contribution < -0.4 is 10.6 Å². The van der Waals surface area contributed by atoms with Gasteiger partial charge in [0, 0.05) is 25.2 Å². The largest absolute Gasteiger partial charge is 0.311 e. The van der Waals surface area contributed by atoms with Crippen molar-refractivity contribution >= 4 is 24.8 Å². The zero-order valence-corrected chi connectivity index (χ0v) is 8.85. The molecule has 4 heteroatoms. The highest BCUT2D eigenvalue weighted by molar-refractivity contribution is 5.85. The smallest absolute Gasteiger partial charge is 0.0221 e. The summed E-state index contributed by atoms with van der Waals surface area (Å²) in [5.74, 6) is 0. The van der Waals surface area contributed by atoms with Crippen LogP contribution in [0.5, 0.6) is 0 Å². The topological polar surface area (TPSA) is 24.1 Å². The molecule has 1 aliphatic heterocycles. The molecule has 0 aromatic rings. The Balaban J connectivity index is 0.000000605. The summed E-state index contributed by atoms with van der Waals surface area (Å²) in [6, 6.07) is 1.59. The zero-order valence-electron chi connectivity index (χ0n) is 7.21. The molecule has 0 spiro atoms. The van der Waals surface area contributed by atoms with Crippen LogP contribution in [0.3, 0.4) is 0 Å². The minimum atomic E-state index is 0. The second kappa shape index (κ2) is 6.03. The van der Waals surface area contributed by atoms with Crippen LogP contribution in [0.1, 0.15) is 25.7 Å². The van der Waals surface area contributed by atoms with E-state index in [0.717, 1.165) is 12.1 Å². The van der Waals surface area contributed by atoms with E-state index in [9.17, 15) is 0 Å². The van der Waals surface area contributed by atoms with Gasteiger partial charge in [-0.05, 0) is 12.8 Å². The lowest BCUT2D eigenvalue weighted by molar-refractivity contribution is 0.251. The van der Waals surface area contributed by atoms with Gasteiger partial charge in [0.15, 0.2) is 0 Å². The Kier molecular flexibility index (Phi) is 6.28. The summed E-state index contributed by atoms with van der Waals surface area (Å²) < 4.78 is 0. The number of piperazine rings is 1. The first kappa shape index (κ1) is 12.5. The monoisotopic (exact) mass is 212 g/mol. The quantitative estimate of drug-likeness (QED) is 0.634. The van der Waals surface area contributed by atoms with Gasteiger partial charge in [-0.15, -0.1) is 24.8 Å². The Labute approximate surface area is 86.7 Å². The first-order chi connectivity index (χ1) is 4.97. The second-order valence-corrected chi connectivity index (χ2v) is 3.41. The van der Waals surface area contributed by atoms with E-state index in [1.54, 1.807) is 0 Å². The summed E-state index contributed by atoms with van der Waals surface area (Å²) in [5.41, 5.74) is 0. The summed E-state index contributed by atoms with van der Waals surface area (Å²) in [6.45, 7) is 2.34. The molecular weight excluding hydrogens is 195 g/mol. The lowest BCUT2D eigenvalue weighted by Gasteiger charge is -2.37. The van der Waals surface area contributed by atoms with E-state index < -0.39 is 0 Å². The fraction of sp³-hybridized carbons (Fsp3) is 1.00. The molecule has 2 aliphatic rings. The number of fused-ring (bicyclic) bond motifs is 1. The number of rotatable bonds is 0. The van der Waals surface area contributed by atoms with E-state index >= 15 is 0 Å². The van der Waals surface area contributed by atoms with Gasteiger partial charge in [-0.3, -0.25) is 0 Å². The molecule has 2 rings (SSSR count). The molecule has 1 saturated heterocycles. The molecule has 12 heavy (non-hydrogen) atoms. The highest BCUT2D eigenvalue weighted by Gasteiger charge is 2.26. The number of hydrogen-bond donors (Lipinski definition) is 2. The molecule has 74 valence electrons. The van der Waals surface area contributed by atoms with Crippen molar-refractivity contribution in [1.29, 1.82) is 0 Å². The third kappa shape index (κ3) is 2.77. The molecule has 2 fully saturated rings. The van der Waals surface area contributed by atoms with Gasteiger partial charge >= 0.3 is 0 Å². The first-order valence-corrected chi connectivity index (χ1v) is 4.43. The van der Waals surface area contributed by atoms with E-state index in [4.69, 9.17) is 0 Å². The molecule has 0 aromatic heterocycles. The average Bonchev–Trinajstić information content (AvgIpc) is 2.05. The third-order valence-electron chi connectivity index (χ3n) is 2.70. The summed E-state index contributed by atoms with van der Waals surface area (Å²) in [5, 5.41) is 7.12. The highest BCUT2D eigenvalue weighted by atomic mass is 35.5. The van der Waals surface area contributed by atoms with Crippen LogP contribution in [-0.2, 0) is 0 Å². The van der Waals surface area contributed by atoms with Gasteiger partial charge in [-0.25, -0.2) is 0 Å². The molecule has 2 N–H and O–H groups in total. The number of nitrogens with one attached hydrogen (secondary N) is 2. The lowest BCUT2D eigenvalue weighted by Crippen LogP contribution is -2.56. The van der Waals surface area contributed by atoms with Crippen LogP contribution in [0.25, 0.3) is 0 Å². The first-order valence-electron chi connectivity index (χ1n) is 4.43. The number of halogens is 2. The van der Waals surface area contributed by atoms with E-state index in [1.807, 2.05) is 0 Å². The van der Waals surface area contributed by atoms with Gasteiger partial charge in [0.05, 0.1) is 0 Å². The Morgan fingerprint density at radius 3 is 1.58 bits per heavy atom. The van der Waals surface area contributed by atoms with Gasteiger partial charge in [-0.2, -0.15) is 0 Å². The minimum Gasteiger partial charge on any atom is -0.311 e. The molecule has 1 saturated carbocycles. The van der Waals surface area contributed by atoms with Gasteiger partial charge in [-0.1, -0.05) is 12.8 Å². The van der Waals surface area contributed by atoms with Crippen LogP contribution >= 0.6 is 24.8 Å². The molecule has 1 heterocycles. The average molecular weight is 213 g/mol. The molecular formula is C8H18Cl2N2. The van der Waals surface area contributed by atoms with Crippen molar-refractivity contribution in [2.45, 2.75) is 37.8 Å². The molecule has 2 atom stereocenters. The van der Waals surface area contributed by atoms with Gasteiger partial charge in [0.2, 0.25) is 0 Å². The van der Waals surface area contributed by atoms with Crippen molar-refractivity contribution in [3.05, 3.63) is 0 Å². The Morgan fingerprint density at radius 1 is 0.750 bits per heavy atom.